The minimum absolute atomic E-state index is 0.0705. The van der Waals surface area contributed by atoms with Gasteiger partial charge in [0, 0.05) is 5.92 Å². The van der Waals surface area contributed by atoms with E-state index in [0.29, 0.717) is 0 Å². The molecule has 102 valence electrons. The zero-order chi connectivity index (χ0) is 14.0. The van der Waals surface area contributed by atoms with E-state index in [2.05, 4.69) is 5.32 Å². The second-order valence-corrected chi connectivity index (χ2v) is 4.26. The highest BCUT2D eigenvalue weighted by molar-refractivity contribution is 6.02. The number of alkyl halides is 3. The van der Waals surface area contributed by atoms with Gasteiger partial charge in [-0.15, -0.1) is 0 Å². The molecule has 1 aromatic carbocycles. The van der Waals surface area contributed by atoms with Gasteiger partial charge >= 0.3 is 12.1 Å². The molecule has 7 heteroatoms. The van der Waals surface area contributed by atoms with Gasteiger partial charge in [-0.25, -0.2) is 0 Å². The smallest absolute Gasteiger partial charge is 0.324 e. The minimum atomic E-state index is -4.96. The highest BCUT2D eigenvalue weighted by Gasteiger charge is 2.39. The number of benzene rings is 1. The number of carbonyl (C=O) groups excluding carboxylic acids is 2. The van der Waals surface area contributed by atoms with Crippen molar-refractivity contribution in [2.45, 2.75) is 19.0 Å². The second kappa shape index (κ2) is 4.91. The number of hydrogen-bond donors (Lipinski definition) is 2. The van der Waals surface area contributed by atoms with Gasteiger partial charge in [0.05, 0.1) is 11.4 Å². The molecule has 0 saturated heterocycles. The van der Waals surface area contributed by atoms with Gasteiger partial charge in [0.25, 0.3) is 0 Å². The van der Waals surface area contributed by atoms with Crippen LogP contribution in [0.3, 0.4) is 0 Å². The van der Waals surface area contributed by atoms with Gasteiger partial charge < -0.3 is 10.6 Å². The molecule has 1 aliphatic rings. The van der Waals surface area contributed by atoms with E-state index in [-0.39, 0.29) is 23.2 Å². The number of hydrogen-bond acceptors (Lipinski definition) is 2. The molecule has 4 nitrogen and oxygen atoms in total. The van der Waals surface area contributed by atoms with Gasteiger partial charge in [-0.05, 0) is 25.0 Å². The van der Waals surface area contributed by atoms with Crippen molar-refractivity contribution in [3.63, 3.8) is 0 Å². The Morgan fingerprint density at radius 2 is 1.58 bits per heavy atom. The lowest BCUT2D eigenvalue weighted by atomic mass is 10.2. The van der Waals surface area contributed by atoms with Gasteiger partial charge in [-0.2, -0.15) is 13.2 Å². The van der Waals surface area contributed by atoms with Gasteiger partial charge in [0.2, 0.25) is 5.91 Å². The Balaban J connectivity index is 2.11. The van der Waals surface area contributed by atoms with Crippen molar-refractivity contribution in [1.82, 2.24) is 0 Å². The lowest BCUT2D eigenvalue weighted by Crippen LogP contribution is -2.30. The zero-order valence-corrected chi connectivity index (χ0v) is 9.75. The van der Waals surface area contributed by atoms with Crippen molar-refractivity contribution in [2.75, 3.05) is 10.6 Å². The largest absolute Gasteiger partial charge is 0.471 e. The van der Waals surface area contributed by atoms with Crippen LogP contribution in [0.5, 0.6) is 0 Å². The quantitative estimate of drug-likeness (QED) is 0.888. The van der Waals surface area contributed by atoms with Crippen LogP contribution in [-0.4, -0.2) is 18.0 Å². The number of rotatable bonds is 3. The van der Waals surface area contributed by atoms with Crippen LogP contribution in [0.2, 0.25) is 0 Å². The molecular formula is C12H11F3N2O2. The van der Waals surface area contributed by atoms with Crippen molar-refractivity contribution < 1.29 is 22.8 Å². The highest BCUT2D eigenvalue weighted by atomic mass is 19.4. The number of para-hydroxylation sites is 2. The highest BCUT2D eigenvalue weighted by Crippen LogP contribution is 2.32. The molecule has 19 heavy (non-hydrogen) atoms. The first-order chi connectivity index (χ1) is 8.88. The molecule has 2 rings (SSSR count). The third-order valence-corrected chi connectivity index (χ3v) is 2.64. The molecule has 2 amide bonds. The number of halogens is 3. The number of carbonyl (C=O) groups is 2. The summed E-state index contributed by atoms with van der Waals surface area (Å²) in [4.78, 5) is 22.4. The lowest BCUT2D eigenvalue weighted by Gasteiger charge is -2.13. The standard InChI is InChI=1S/C12H11F3N2O2/c13-12(14,15)11(19)17-9-4-2-1-3-8(9)16-10(18)7-5-6-7/h1-4,7H,5-6H2,(H,16,18)(H,17,19). The maximum absolute atomic E-state index is 12.2. The van der Waals surface area contributed by atoms with E-state index >= 15 is 0 Å². The first-order valence-corrected chi connectivity index (χ1v) is 5.66. The van der Waals surface area contributed by atoms with Crippen molar-refractivity contribution in [2.24, 2.45) is 5.92 Å². The Morgan fingerprint density at radius 1 is 1.05 bits per heavy atom. The molecule has 0 aromatic heterocycles. The number of anilines is 2. The fourth-order valence-electron chi connectivity index (χ4n) is 1.47. The number of nitrogens with one attached hydrogen (secondary N) is 2. The molecule has 0 aliphatic heterocycles. The van der Waals surface area contributed by atoms with E-state index in [1.165, 1.54) is 18.2 Å². The summed E-state index contributed by atoms with van der Waals surface area (Å²) in [6, 6.07) is 5.77. The van der Waals surface area contributed by atoms with Crippen molar-refractivity contribution in [1.29, 1.82) is 0 Å². The van der Waals surface area contributed by atoms with Crippen LogP contribution >= 0.6 is 0 Å². The molecule has 1 aromatic rings. The number of amides is 2. The van der Waals surface area contributed by atoms with Crippen molar-refractivity contribution in [3.05, 3.63) is 24.3 Å². The van der Waals surface area contributed by atoms with E-state index in [1.807, 2.05) is 0 Å². The van der Waals surface area contributed by atoms with Gasteiger partial charge in [-0.1, -0.05) is 12.1 Å². The fourth-order valence-corrected chi connectivity index (χ4v) is 1.47. The molecule has 1 aliphatic carbocycles. The average Bonchev–Trinajstić information content (AvgIpc) is 3.14. The Labute approximate surface area is 107 Å². The summed E-state index contributed by atoms with van der Waals surface area (Å²) in [7, 11) is 0. The van der Waals surface area contributed by atoms with Crippen LogP contribution in [0.25, 0.3) is 0 Å². The summed E-state index contributed by atoms with van der Waals surface area (Å²) in [5.41, 5.74) is 0.0934. The van der Waals surface area contributed by atoms with Gasteiger partial charge in [0.15, 0.2) is 0 Å². The first kappa shape index (κ1) is 13.4. The van der Waals surface area contributed by atoms with Crippen molar-refractivity contribution in [3.8, 4) is 0 Å². The topological polar surface area (TPSA) is 58.2 Å². The molecule has 0 radical (unpaired) electrons. The lowest BCUT2D eigenvalue weighted by molar-refractivity contribution is -0.167. The van der Waals surface area contributed by atoms with Crippen LogP contribution in [-0.2, 0) is 9.59 Å². The normalized spacial score (nSPS) is 14.9. The predicted octanol–water partition coefficient (Wildman–Crippen LogP) is 2.54. The molecule has 0 unspecified atom stereocenters. The molecular weight excluding hydrogens is 261 g/mol. The Hall–Kier alpha value is -2.05. The summed E-state index contributed by atoms with van der Waals surface area (Å²) >= 11 is 0. The summed E-state index contributed by atoms with van der Waals surface area (Å²) in [5, 5.41) is 4.24. The van der Waals surface area contributed by atoms with E-state index < -0.39 is 12.1 Å². The van der Waals surface area contributed by atoms with Crippen LogP contribution in [0, 0.1) is 5.92 Å². The molecule has 2 N–H and O–H groups in total. The van der Waals surface area contributed by atoms with E-state index in [0.717, 1.165) is 12.8 Å². The Kier molecular flexibility index (Phi) is 3.46. The van der Waals surface area contributed by atoms with Gasteiger partial charge in [-0.3, -0.25) is 9.59 Å². The maximum Gasteiger partial charge on any atom is 0.471 e. The molecule has 0 heterocycles. The molecule has 1 saturated carbocycles. The van der Waals surface area contributed by atoms with Crippen LogP contribution < -0.4 is 10.6 Å². The molecule has 1 fully saturated rings. The SMILES string of the molecule is O=C(Nc1ccccc1NC(=O)C(F)(F)F)C1CC1. The van der Waals surface area contributed by atoms with Crippen LogP contribution in [0.15, 0.2) is 24.3 Å². The monoisotopic (exact) mass is 272 g/mol. The van der Waals surface area contributed by atoms with Crippen molar-refractivity contribution >= 4 is 23.2 Å². The maximum atomic E-state index is 12.2. The van der Waals surface area contributed by atoms with Gasteiger partial charge in [0.1, 0.15) is 0 Å². The zero-order valence-electron chi connectivity index (χ0n) is 9.75. The first-order valence-electron chi connectivity index (χ1n) is 5.66. The molecule has 0 spiro atoms. The summed E-state index contributed by atoms with van der Waals surface area (Å²) < 4.78 is 36.5. The summed E-state index contributed by atoms with van der Waals surface area (Å²) in [6.45, 7) is 0. The van der Waals surface area contributed by atoms with Crippen LogP contribution in [0.4, 0.5) is 24.5 Å². The average molecular weight is 272 g/mol. The molecule has 0 bridgehead atoms. The third kappa shape index (κ3) is 3.46. The Morgan fingerprint density at radius 3 is 2.05 bits per heavy atom. The predicted molar refractivity (Wildman–Crippen MR) is 62.5 cm³/mol. The third-order valence-electron chi connectivity index (χ3n) is 2.64. The second-order valence-electron chi connectivity index (χ2n) is 4.26. The minimum Gasteiger partial charge on any atom is -0.324 e. The van der Waals surface area contributed by atoms with E-state index in [1.54, 1.807) is 11.4 Å². The van der Waals surface area contributed by atoms with Crippen LogP contribution in [0.1, 0.15) is 12.8 Å². The Bertz CT molecular complexity index is 510. The summed E-state index contributed by atoms with van der Waals surface area (Å²) in [6.07, 6.45) is -3.40. The fraction of sp³-hybridized carbons (Fsp3) is 0.333. The summed E-state index contributed by atoms with van der Waals surface area (Å²) in [5.74, 6) is -2.39. The van der Waals surface area contributed by atoms with E-state index in [4.69, 9.17) is 0 Å². The van der Waals surface area contributed by atoms with E-state index in [9.17, 15) is 22.8 Å². The molecule has 0 atom stereocenters.